The number of amides is 1. The summed E-state index contributed by atoms with van der Waals surface area (Å²) in [5.41, 5.74) is 4.11. The molecule has 3 heteroatoms. The van der Waals surface area contributed by atoms with Gasteiger partial charge in [-0.1, -0.05) is 12.2 Å². The molecule has 0 aromatic rings. The number of aliphatic hydroxyl groups excluding tert-OH is 1. The van der Waals surface area contributed by atoms with Crippen LogP contribution in [0.5, 0.6) is 0 Å². The molecule has 0 bridgehead atoms. The molecule has 0 aromatic heterocycles. The minimum Gasteiger partial charge on any atom is -0.394 e. The van der Waals surface area contributed by atoms with Gasteiger partial charge in [0, 0.05) is 11.5 Å². The number of rotatable bonds is 3. The van der Waals surface area contributed by atoms with E-state index >= 15 is 0 Å². The molecule has 2 N–H and O–H groups in total. The number of hydrogen-bond donors (Lipinski definition) is 2. The maximum atomic E-state index is 12.1. The minimum atomic E-state index is -0.331. The number of fused-ring (bicyclic) bond motifs is 3. The maximum Gasteiger partial charge on any atom is 0.252 e. The molecule has 4 rings (SSSR count). The van der Waals surface area contributed by atoms with Crippen molar-refractivity contribution in [3.05, 3.63) is 46.6 Å². The average molecular weight is 227 g/mol. The largest absolute Gasteiger partial charge is 0.394 e. The lowest BCUT2D eigenvalue weighted by atomic mass is 10.0. The van der Waals surface area contributed by atoms with Gasteiger partial charge in [0.05, 0.1) is 12.1 Å². The second-order valence-corrected chi connectivity index (χ2v) is 5.30. The molecule has 3 nitrogen and oxygen atoms in total. The quantitative estimate of drug-likeness (QED) is 0.755. The summed E-state index contributed by atoms with van der Waals surface area (Å²) in [4.78, 5) is 12.1. The van der Waals surface area contributed by atoms with Gasteiger partial charge < -0.3 is 10.4 Å². The Kier molecular flexibility index (Phi) is 1.55. The van der Waals surface area contributed by atoms with Crippen molar-refractivity contribution in [1.82, 2.24) is 5.32 Å². The molecule has 0 spiro atoms. The first-order valence-electron chi connectivity index (χ1n) is 6.02. The van der Waals surface area contributed by atoms with E-state index < -0.39 is 0 Å². The Hall–Kier alpha value is -1.61. The molecule has 0 heterocycles. The van der Waals surface area contributed by atoms with E-state index in [-0.39, 0.29) is 18.1 Å². The molecular weight excluding hydrogens is 214 g/mol. The zero-order valence-electron chi connectivity index (χ0n) is 9.36. The predicted molar refractivity (Wildman–Crippen MR) is 63.0 cm³/mol. The highest BCUT2D eigenvalue weighted by Crippen LogP contribution is 2.51. The van der Waals surface area contributed by atoms with Crippen molar-refractivity contribution in [3.63, 3.8) is 0 Å². The zero-order chi connectivity index (χ0) is 11.6. The Morgan fingerprint density at radius 1 is 1.47 bits per heavy atom. The molecule has 1 unspecified atom stereocenters. The van der Waals surface area contributed by atoms with Gasteiger partial charge in [-0.2, -0.15) is 0 Å². The third-order valence-electron chi connectivity index (χ3n) is 4.07. The molecule has 1 fully saturated rings. The third kappa shape index (κ3) is 1.23. The first kappa shape index (κ1) is 9.42. The fourth-order valence-electron chi connectivity index (χ4n) is 2.64. The molecule has 1 saturated carbocycles. The smallest absolute Gasteiger partial charge is 0.252 e. The third-order valence-corrected chi connectivity index (χ3v) is 4.07. The van der Waals surface area contributed by atoms with E-state index in [1.54, 1.807) is 0 Å². The Morgan fingerprint density at radius 2 is 2.29 bits per heavy atom. The summed E-state index contributed by atoms with van der Waals surface area (Å²) in [7, 11) is 0. The summed E-state index contributed by atoms with van der Waals surface area (Å²) in [5.74, 6) is 0.440. The van der Waals surface area contributed by atoms with Crippen LogP contribution in [-0.4, -0.2) is 23.2 Å². The van der Waals surface area contributed by atoms with Crippen LogP contribution in [0.25, 0.3) is 0 Å². The second kappa shape index (κ2) is 2.79. The highest BCUT2D eigenvalue weighted by molar-refractivity contribution is 6.03. The SMILES string of the molecule is O=C(NC1(CO)CC1)C1=CC=C2C1=CC1=CC12. The van der Waals surface area contributed by atoms with Crippen molar-refractivity contribution in [2.24, 2.45) is 5.92 Å². The summed E-state index contributed by atoms with van der Waals surface area (Å²) in [6.45, 7) is 0.0408. The van der Waals surface area contributed by atoms with Crippen LogP contribution in [-0.2, 0) is 4.79 Å². The van der Waals surface area contributed by atoms with E-state index in [4.69, 9.17) is 0 Å². The van der Waals surface area contributed by atoms with Gasteiger partial charge in [-0.3, -0.25) is 4.79 Å². The van der Waals surface area contributed by atoms with Crippen molar-refractivity contribution < 1.29 is 9.90 Å². The van der Waals surface area contributed by atoms with E-state index in [0.717, 1.165) is 24.0 Å². The Labute approximate surface area is 99.2 Å². The van der Waals surface area contributed by atoms with Gasteiger partial charge in [0.25, 0.3) is 5.91 Å². The molecule has 17 heavy (non-hydrogen) atoms. The van der Waals surface area contributed by atoms with Crippen LogP contribution in [0.4, 0.5) is 0 Å². The highest BCUT2D eigenvalue weighted by atomic mass is 16.3. The summed E-state index contributed by atoms with van der Waals surface area (Å²) < 4.78 is 0. The van der Waals surface area contributed by atoms with Crippen molar-refractivity contribution in [1.29, 1.82) is 0 Å². The van der Waals surface area contributed by atoms with Gasteiger partial charge in [-0.05, 0) is 41.7 Å². The van der Waals surface area contributed by atoms with E-state index in [0.29, 0.717) is 5.92 Å². The van der Waals surface area contributed by atoms with Crippen LogP contribution in [0.15, 0.2) is 46.6 Å². The molecule has 4 aliphatic carbocycles. The van der Waals surface area contributed by atoms with Gasteiger partial charge >= 0.3 is 0 Å². The summed E-state index contributed by atoms with van der Waals surface area (Å²) >= 11 is 0. The Bertz CT molecular complexity index is 559. The fraction of sp³-hybridized carbons (Fsp3) is 0.357. The number of carbonyl (C=O) groups is 1. The van der Waals surface area contributed by atoms with Crippen LogP contribution in [0.3, 0.4) is 0 Å². The normalized spacial score (nSPS) is 29.6. The molecular formula is C14H13NO2. The topological polar surface area (TPSA) is 49.3 Å². The van der Waals surface area contributed by atoms with Gasteiger partial charge in [-0.15, -0.1) is 0 Å². The molecule has 1 amide bonds. The second-order valence-electron chi connectivity index (χ2n) is 5.30. The Balaban J connectivity index is 1.55. The number of carbonyl (C=O) groups excluding carboxylic acids is 1. The van der Waals surface area contributed by atoms with E-state index in [1.165, 1.54) is 11.1 Å². The lowest BCUT2D eigenvalue weighted by Crippen LogP contribution is -2.40. The molecule has 0 aliphatic heterocycles. The van der Waals surface area contributed by atoms with Crippen LogP contribution in [0.1, 0.15) is 12.8 Å². The number of hydrogen-bond acceptors (Lipinski definition) is 2. The van der Waals surface area contributed by atoms with E-state index in [2.05, 4.69) is 17.5 Å². The maximum absolute atomic E-state index is 12.1. The zero-order valence-corrected chi connectivity index (χ0v) is 9.36. The van der Waals surface area contributed by atoms with Crippen molar-refractivity contribution in [2.45, 2.75) is 18.4 Å². The molecule has 86 valence electrons. The number of nitrogens with one attached hydrogen (secondary N) is 1. The molecule has 1 atom stereocenters. The first-order chi connectivity index (χ1) is 8.22. The van der Waals surface area contributed by atoms with Gasteiger partial charge in [0.15, 0.2) is 0 Å². The number of aliphatic hydroxyl groups is 1. The van der Waals surface area contributed by atoms with Crippen molar-refractivity contribution >= 4 is 5.91 Å². The van der Waals surface area contributed by atoms with Gasteiger partial charge in [0.2, 0.25) is 0 Å². The molecule has 4 aliphatic rings. The van der Waals surface area contributed by atoms with E-state index in [9.17, 15) is 9.90 Å². The standard InChI is InChI=1S/C14H13NO2/c16-7-14(3-4-14)15-13(17)10-2-1-9-11-5-8(11)6-12(9)10/h1-2,5-6,11,16H,3-4,7H2,(H,15,17). The molecule has 0 saturated heterocycles. The first-order valence-corrected chi connectivity index (χ1v) is 6.02. The Morgan fingerprint density at radius 3 is 3.00 bits per heavy atom. The van der Waals surface area contributed by atoms with Crippen LogP contribution in [0.2, 0.25) is 0 Å². The van der Waals surface area contributed by atoms with Gasteiger partial charge in [-0.25, -0.2) is 0 Å². The minimum absolute atomic E-state index is 0.0408. The summed E-state index contributed by atoms with van der Waals surface area (Å²) in [6.07, 6.45) is 10.0. The predicted octanol–water partition coefficient (Wildman–Crippen LogP) is 0.990. The average Bonchev–Trinajstić information content (AvgIpc) is 3.18. The van der Waals surface area contributed by atoms with E-state index in [1.807, 2.05) is 12.2 Å². The van der Waals surface area contributed by atoms with Crippen LogP contribution >= 0.6 is 0 Å². The lowest BCUT2D eigenvalue weighted by molar-refractivity contribution is -0.118. The number of allylic oxidation sites excluding steroid dienone is 6. The van der Waals surface area contributed by atoms with Gasteiger partial charge in [0.1, 0.15) is 0 Å². The summed E-state index contributed by atoms with van der Waals surface area (Å²) in [6, 6.07) is 0. The fourth-order valence-corrected chi connectivity index (χ4v) is 2.64. The van der Waals surface area contributed by atoms with Crippen LogP contribution < -0.4 is 5.32 Å². The summed E-state index contributed by atoms with van der Waals surface area (Å²) in [5, 5.41) is 12.2. The molecule has 0 radical (unpaired) electrons. The monoisotopic (exact) mass is 227 g/mol. The van der Waals surface area contributed by atoms with Crippen LogP contribution in [0, 0.1) is 5.92 Å². The molecule has 0 aromatic carbocycles. The van der Waals surface area contributed by atoms with Crippen molar-refractivity contribution in [3.8, 4) is 0 Å². The highest BCUT2D eigenvalue weighted by Gasteiger charge is 2.45. The van der Waals surface area contributed by atoms with Crippen molar-refractivity contribution in [2.75, 3.05) is 6.61 Å². The lowest BCUT2D eigenvalue weighted by Gasteiger charge is -2.15.